The number of carbonyl (C=O) groups excluding carboxylic acids is 1. The molecular weight excluding hydrogens is 281 g/mol. The molecule has 1 N–H and O–H groups in total. The number of nitrogens with one attached hydrogen (secondary N) is 1. The Morgan fingerprint density at radius 1 is 1.27 bits per heavy atom. The van der Waals surface area contributed by atoms with Crippen LogP contribution in [0.2, 0.25) is 0 Å². The minimum atomic E-state index is -0.295. The van der Waals surface area contributed by atoms with E-state index in [0.29, 0.717) is 6.54 Å². The van der Waals surface area contributed by atoms with Gasteiger partial charge in [0, 0.05) is 32.9 Å². The van der Waals surface area contributed by atoms with E-state index in [1.165, 1.54) is 18.2 Å². The van der Waals surface area contributed by atoms with Gasteiger partial charge in [-0.05, 0) is 41.5 Å². The highest BCUT2D eigenvalue weighted by Gasteiger charge is 2.01. The molecule has 5 heteroatoms. The summed E-state index contributed by atoms with van der Waals surface area (Å²) in [6.45, 7) is 0.427. The molecular formula is C17H18FN3O. The topological polar surface area (TPSA) is 45.2 Å². The maximum absolute atomic E-state index is 12.8. The summed E-state index contributed by atoms with van der Waals surface area (Å²) in [7, 11) is 3.83. The maximum atomic E-state index is 12.8. The van der Waals surface area contributed by atoms with Crippen LogP contribution in [0.5, 0.6) is 0 Å². The van der Waals surface area contributed by atoms with Crippen molar-refractivity contribution in [2.45, 2.75) is 6.54 Å². The zero-order valence-corrected chi connectivity index (χ0v) is 12.6. The monoisotopic (exact) mass is 299 g/mol. The predicted octanol–water partition coefficient (Wildman–Crippen LogP) is 2.62. The van der Waals surface area contributed by atoms with Gasteiger partial charge in [-0.25, -0.2) is 9.37 Å². The van der Waals surface area contributed by atoms with Gasteiger partial charge in [0.15, 0.2) is 0 Å². The van der Waals surface area contributed by atoms with E-state index >= 15 is 0 Å². The Morgan fingerprint density at radius 3 is 2.68 bits per heavy atom. The lowest BCUT2D eigenvalue weighted by molar-refractivity contribution is -0.116. The van der Waals surface area contributed by atoms with Gasteiger partial charge >= 0.3 is 0 Å². The molecule has 0 saturated heterocycles. The number of carbonyl (C=O) groups is 1. The summed E-state index contributed by atoms with van der Waals surface area (Å²) in [6.07, 6.45) is 4.79. The molecule has 1 heterocycles. The van der Waals surface area contributed by atoms with Gasteiger partial charge in [-0.1, -0.05) is 12.1 Å². The lowest BCUT2D eigenvalue weighted by Crippen LogP contribution is -2.20. The fraction of sp³-hybridized carbons (Fsp3) is 0.176. The normalized spacial score (nSPS) is 10.7. The summed E-state index contributed by atoms with van der Waals surface area (Å²) in [6, 6.07) is 9.73. The molecule has 0 bridgehead atoms. The number of halogens is 1. The average molecular weight is 299 g/mol. The Balaban J connectivity index is 1.90. The molecule has 0 aliphatic carbocycles. The third kappa shape index (κ3) is 4.70. The first-order valence-corrected chi connectivity index (χ1v) is 6.88. The number of pyridine rings is 1. The van der Waals surface area contributed by atoms with Crippen molar-refractivity contribution in [2.75, 3.05) is 19.0 Å². The molecule has 0 saturated carbocycles. The second kappa shape index (κ2) is 7.36. The van der Waals surface area contributed by atoms with Gasteiger partial charge in [0.25, 0.3) is 0 Å². The van der Waals surface area contributed by atoms with Gasteiger partial charge in [-0.3, -0.25) is 4.79 Å². The van der Waals surface area contributed by atoms with Crippen LogP contribution in [-0.2, 0) is 11.3 Å². The predicted molar refractivity (Wildman–Crippen MR) is 85.8 cm³/mol. The van der Waals surface area contributed by atoms with E-state index in [2.05, 4.69) is 10.3 Å². The smallest absolute Gasteiger partial charge is 0.244 e. The number of hydrogen-bond donors (Lipinski definition) is 1. The number of benzene rings is 1. The molecule has 2 aromatic rings. The van der Waals surface area contributed by atoms with Crippen molar-refractivity contribution < 1.29 is 9.18 Å². The van der Waals surface area contributed by atoms with Gasteiger partial charge in [0.1, 0.15) is 11.6 Å². The van der Waals surface area contributed by atoms with Crippen molar-refractivity contribution in [3.05, 3.63) is 65.6 Å². The molecule has 0 aliphatic rings. The molecule has 0 unspecified atom stereocenters. The van der Waals surface area contributed by atoms with Crippen LogP contribution in [0.3, 0.4) is 0 Å². The van der Waals surface area contributed by atoms with E-state index in [1.807, 2.05) is 31.1 Å². The summed E-state index contributed by atoms with van der Waals surface area (Å²) < 4.78 is 12.8. The number of nitrogens with zero attached hydrogens (tertiary/aromatic N) is 2. The van der Waals surface area contributed by atoms with Crippen molar-refractivity contribution in [3.8, 4) is 0 Å². The molecule has 0 atom stereocenters. The molecule has 0 fully saturated rings. The van der Waals surface area contributed by atoms with Gasteiger partial charge in [-0.15, -0.1) is 0 Å². The number of hydrogen-bond acceptors (Lipinski definition) is 3. The average Bonchev–Trinajstić information content (AvgIpc) is 2.52. The van der Waals surface area contributed by atoms with Gasteiger partial charge in [0.2, 0.25) is 5.91 Å². The summed E-state index contributed by atoms with van der Waals surface area (Å²) >= 11 is 0. The van der Waals surface area contributed by atoms with Gasteiger partial charge in [0.05, 0.1) is 0 Å². The molecule has 0 radical (unpaired) electrons. The fourth-order valence-electron chi connectivity index (χ4n) is 1.81. The van der Waals surface area contributed by atoms with E-state index in [4.69, 9.17) is 0 Å². The van der Waals surface area contributed by atoms with Crippen LogP contribution in [-0.4, -0.2) is 25.0 Å². The Hall–Kier alpha value is -2.69. The minimum Gasteiger partial charge on any atom is -0.363 e. The lowest BCUT2D eigenvalue weighted by atomic mass is 10.2. The maximum Gasteiger partial charge on any atom is 0.244 e. The van der Waals surface area contributed by atoms with E-state index < -0.39 is 0 Å². The molecule has 0 spiro atoms. The SMILES string of the molecule is CN(C)c1cc(CNC(=O)/C=C/c2ccc(F)cc2)ccn1. The third-order valence-electron chi connectivity index (χ3n) is 3.03. The molecule has 4 nitrogen and oxygen atoms in total. The highest BCUT2D eigenvalue weighted by atomic mass is 19.1. The molecule has 22 heavy (non-hydrogen) atoms. The second-order valence-corrected chi connectivity index (χ2v) is 5.02. The second-order valence-electron chi connectivity index (χ2n) is 5.02. The molecule has 1 aromatic carbocycles. The molecule has 2 rings (SSSR count). The molecule has 1 amide bonds. The number of anilines is 1. The quantitative estimate of drug-likeness (QED) is 0.863. The van der Waals surface area contributed by atoms with Crippen molar-refractivity contribution in [3.63, 3.8) is 0 Å². The van der Waals surface area contributed by atoms with Crippen LogP contribution in [0.25, 0.3) is 6.08 Å². The highest BCUT2D eigenvalue weighted by Crippen LogP contribution is 2.09. The third-order valence-corrected chi connectivity index (χ3v) is 3.03. The highest BCUT2D eigenvalue weighted by molar-refractivity contribution is 5.91. The van der Waals surface area contributed by atoms with E-state index in [-0.39, 0.29) is 11.7 Å². The standard InChI is InChI=1S/C17H18FN3O/c1-21(2)16-11-14(9-10-19-16)12-20-17(22)8-5-13-3-6-15(18)7-4-13/h3-11H,12H2,1-2H3,(H,20,22)/b8-5+. The van der Waals surface area contributed by atoms with Crippen molar-refractivity contribution in [1.29, 1.82) is 0 Å². The Kier molecular flexibility index (Phi) is 5.25. The minimum absolute atomic E-state index is 0.201. The van der Waals surface area contributed by atoms with Crippen molar-refractivity contribution >= 4 is 17.8 Å². The van der Waals surface area contributed by atoms with Crippen LogP contribution >= 0.6 is 0 Å². The van der Waals surface area contributed by atoms with Gasteiger partial charge in [-0.2, -0.15) is 0 Å². The van der Waals surface area contributed by atoms with Crippen LogP contribution in [0.4, 0.5) is 10.2 Å². The Morgan fingerprint density at radius 2 is 2.00 bits per heavy atom. The lowest BCUT2D eigenvalue weighted by Gasteiger charge is -2.12. The number of aromatic nitrogens is 1. The van der Waals surface area contributed by atoms with E-state index in [9.17, 15) is 9.18 Å². The Labute approximate surface area is 129 Å². The van der Waals surface area contributed by atoms with Crippen molar-refractivity contribution in [1.82, 2.24) is 10.3 Å². The fourth-order valence-corrected chi connectivity index (χ4v) is 1.81. The van der Waals surface area contributed by atoms with Crippen LogP contribution in [0.15, 0.2) is 48.7 Å². The molecule has 1 aromatic heterocycles. The molecule has 114 valence electrons. The van der Waals surface area contributed by atoms with Crippen LogP contribution in [0, 0.1) is 5.82 Å². The zero-order valence-electron chi connectivity index (χ0n) is 12.6. The van der Waals surface area contributed by atoms with E-state index in [0.717, 1.165) is 16.9 Å². The molecule has 0 aliphatic heterocycles. The largest absolute Gasteiger partial charge is 0.363 e. The van der Waals surface area contributed by atoms with Gasteiger partial charge < -0.3 is 10.2 Å². The van der Waals surface area contributed by atoms with E-state index in [1.54, 1.807) is 24.4 Å². The summed E-state index contributed by atoms with van der Waals surface area (Å²) in [5.74, 6) is 0.345. The summed E-state index contributed by atoms with van der Waals surface area (Å²) in [4.78, 5) is 17.9. The van der Waals surface area contributed by atoms with Crippen LogP contribution in [0.1, 0.15) is 11.1 Å². The number of amides is 1. The van der Waals surface area contributed by atoms with Crippen LogP contribution < -0.4 is 10.2 Å². The first-order chi connectivity index (χ1) is 10.5. The first kappa shape index (κ1) is 15.7. The Bertz CT molecular complexity index is 666. The van der Waals surface area contributed by atoms with Crippen molar-refractivity contribution in [2.24, 2.45) is 0 Å². The first-order valence-electron chi connectivity index (χ1n) is 6.88. The zero-order chi connectivity index (χ0) is 15.9. The number of rotatable bonds is 5. The summed E-state index contributed by atoms with van der Waals surface area (Å²) in [5.41, 5.74) is 1.75. The summed E-state index contributed by atoms with van der Waals surface area (Å²) in [5, 5.41) is 2.80.